The van der Waals surface area contributed by atoms with Crippen molar-refractivity contribution in [2.45, 2.75) is 37.9 Å². The van der Waals surface area contributed by atoms with Gasteiger partial charge in [-0.05, 0) is 49.9 Å². The summed E-state index contributed by atoms with van der Waals surface area (Å²) >= 11 is 0. The summed E-state index contributed by atoms with van der Waals surface area (Å²) in [5.41, 5.74) is -0.338. The van der Waals surface area contributed by atoms with E-state index in [0.29, 0.717) is 12.8 Å². The lowest BCUT2D eigenvalue weighted by molar-refractivity contribution is -0.0518. The van der Waals surface area contributed by atoms with Gasteiger partial charge in [-0.25, -0.2) is 18.4 Å². The molecule has 26 heavy (non-hydrogen) atoms. The Morgan fingerprint density at radius 1 is 0.731 bits per heavy atom. The number of hydrogen-bond acceptors (Lipinski definition) is 4. The molecule has 0 aromatic heterocycles. The highest BCUT2D eigenvalue weighted by atomic mass is 19.1. The molecule has 4 nitrogen and oxygen atoms in total. The second kappa shape index (κ2) is 8.08. The van der Waals surface area contributed by atoms with E-state index in [1.54, 1.807) is 0 Å². The first-order chi connectivity index (χ1) is 12.6. The highest BCUT2D eigenvalue weighted by Gasteiger charge is 2.33. The number of carbonyl (C=O) groups is 2. The number of esters is 2. The molecule has 0 radical (unpaired) electrons. The molecule has 0 spiro atoms. The normalized spacial score (nSPS) is 19.6. The minimum atomic E-state index is -0.804. The minimum Gasteiger partial charge on any atom is -0.455 e. The molecule has 1 aliphatic rings. The van der Waals surface area contributed by atoms with E-state index in [1.165, 1.54) is 48.5 Å². The van der Waals surface area contributed by atoms with Gasteiger partial charge in [0.05, 0.1) is 11.1 Å². The lowest BCUT2D eigenvalue weighted by atomic mass is 9.94. The maximum atomic E-state index is 13.7. The summed E-state index contributed by atoms with van der Waals surface area (Å²) in [5, 5.41) is 0. The third kappa shape index (κ3) is 4.07. The zero-order valence-electron chi connectivity index (χ0n) is 14.0. The topological polar surface area (TPSA) is 52.6 Å². The molecular formula is C20H18F2O4. The van der Waals surface area contributed by atoms with Crippen molar-refractivity contribution < 1.29 is 27.8 Å². The van der Waals surface area contributed by atoms with Gasteiger partial charge in [-0.1, -0.05) is 24.3 Å². The molecular weight excluding hydrogens is 342 g/mol. The van der Waals surface area contributed by atoms with Gasteiger partial charge >= 0.3 is 11.9 Å². The largest absolute Gasteiger partial charge is 0.455 e. The quantitative estimate of drug-likeness (QED) is 0.764. The Morgan fingerprint density at radius 2 is 1.12 bits per heavy atom. The highest BCUT2D eigenvalue weighted by molar-refractivity contribution is 5.90. The van der Waals surface area contributed by atoms with Crippen LogP contribution in [0, 0.1) is 11.6 Å². The molecule has 2 aromatic rings. The van der Waals surface area contributed by atoms with E-state index >= 15 is 0 Å². The van der Waals surface area contributed by atoms with Gasteiger partial charge in [-0.15, -0.1) is 0 Å². The Balaban J connectivity index is 1.70. The summed E-state index contributed by atoms with van der Waals surface area (Å²) in [7, 11) is 0. The highest BCUT2D eigenvalue weighted by Crippen LogP contribution is 2.26. The number of halogens is 2. The van der Waals surface area contributed by atoms with Crippen molar-refractivity contribution in [3.05, 3.63) is 71.3 Å². The molecule has 1 aliphatic carbocycles. The number of rotatable bonds is 4. The monoisotopic (exact) mass is 360 g/mol. The molecule has 2 atom stereocenters. The molecule has 0 N–H and O–H groups in total. The van der Waals surface area contributed by atoms with Crippen LogP contribution in [-0.2, 0) is 9.47 Å². The van der Waals surface area contributed by atoms with Crippen LogP contribution in [0.15, 0.2) is 48.5 Å². The summed E-state index contributed by atoms with van der Waals surface area (Å²) in [4.78, 5) is 24.5. The fourth-order valence-electron chi connectivity index (χ4n) is 2.99. The molecule has 0 aliphatic heterocycles. The maximum Gasteiger partial charge on any atom is 0.341 e. The Hall–Kier alpha value is -2.76. The van der Waals surface area contributed by atoms with Gasteiger partial charge in [0.15, 0.2) is 0 Å². The second-order valence-electron chi connectivity index (χ2n) is 6.13. The molecule has 3 rings (SSSR count). The van der Waals surface area contributed by atoms with Gasteiger partial charge < -0.3 is 9.47 Å². The molecule has 0 bridgehead atoms. The van der Waals surface area contributed by atoms with Gasteiger partial charge in [0.2, 0.25) is 0 Å². The number of ether oxygens (including phenoxy) is 2. The van der Waals surface area contributed by atoms with Crippen LogP contribution in [0.25, 0.3) is 0 Å². The van der Waals surface area contributed by atoms with Crippen LogP contribution in [0.4, 0.5) is 8.78 Å². The smallest absolute Gasteiger partial charge is 0.341 e. The van der Waals surface area contributed by atoms with Crippen LogP contribution in [-0.4, -0.2) is 24.1 Å². The molecule has 0 amide bonds. The Bertz CT molecular complexity index is 738. The third-order valence-corrected chi connectivity index (χ3v) is 4.35. The molecule has 1 fully saturated rings. The van der Waals surface area contributed by atoms with Crippen molar-refractivity contribution in [1.29, 1.82) is 0 Å². The van der Waals surface area contributed by atoms with Gasteiger partial charge in [0.1, 0.15) is 23.8 Å². The van der Waals surface area contributed by atoms with Crippen molar-refractivity contribution in [3.63, 3.8) is 0 Å². The summed E-state index contributed by atoms with van der Waals surface area (Å²) < 4.78 is 38.3. The number of carbonyl (C=O) groups excluding carboxylic acids is 2. The van der Waals surface area contributed by atoms with E-state index in [9.17, 15) is 18.4 Å². The van der Waals surface area contributed by atoms with Gasteiger partial charge in [0.25, 0.3) is 0 Å². The number of hydrogen-bond donors (Lipinski definition) is 0. The van der Waals surface area contributed by atoms with E-state index in [1.807, 2.05) is 0 Å². The SMILES string of the molecule is O=C(O[C@H]1CCCC[C@@H]1OC(=O)c1ccccc1F)c1ccccc1F. The van der Waals surface area contributed by atoms with Crippen LogP contribution < -0.4 is 0 Å². The maximum absolute atomic E-state index is 13.7. The van der Waals surface area contributed by atoms with Crippen molar-refractivity contribution in [3.8, 4) is 0 Å². The van der Waals surface area contributed by atoms with E-state index < -0.39 is 35.8 Å². The average molecular weight is 360 g/mol. The van der Waals surface area contributed by atoms with E-state index in [-0.39, 0.29) is 11.1 Å². The van der Waals surface area contributed by atoms with E-state index in [4.69, 9.17) is 9.47 Å². The lowest BCUT2D eigenvalue weighted by Gasteiger charge is -2.30. The van der Waals surface area contributed by atoms with Crippen molar-refractivity contribution in [2.75, 3.05) is 0 Å². The molecule has 2 aromatic carbocycles. The molecule has 0 unspecified atom stereocenters. The molecule has 6 heteroatoms. The van der Waals surface area contributed by atoms with Crippen molar-refractivity contribution in [2.24, 2.45) is 0 Å². The Labute approximate surface area is 149 Å². The molecule has 136 valence electrons. The molecule has 0 saturated heterocycles. The van der Waals surface area contributed by atoms with E-state index in [0.717, 1.165) is 12.8 Å². The Morgan fingerprint density at radius 3 is 1.50 bits per heavy atom. The fraction of sp³-hybridized carbons (Fsp3) is 0.300. The second-order valence-corrected chi connectivity index (χ2v) is 6.13. The minimum absolute atomic E-state index is 0.169. The summed E-state index contributed by atoms with van der Waals surface area (Å²) in [6.45, 7) is 0. The van der Waals surface area contributed by atoms with Crippen LogP contribution in [0.5, 0.6) is 0 Å². The average Bonchev–Trinajstić information content (AvgIpc) is 2.64. The molecule has 1 saturated carbocycles. The Kier molecular flexibility index (Phi) is 5.61. The first kappa shape index (κ1) is 18.0. The first-order valence-electron chi connectivity index (χ1n) is 8.47. The predicted octanol–water partition coefficient (Wildman–Crippen LogP) is 4.29. The fourth-order valence-corrected chi connectivity index (χ4v) is 2.99. The zero-order chi connectivity index (χ0) is 18.5. The predicted molar refractivity (Wildman–Crippen MR) is 89.7 cm³/mol. The summed E-state index contributed by atoms with van der Waals surface area (Å²) in [6.07, 6.45) is 1.20. The van der Waals surface area contributed by atoms with Gasteiger partial charge in [-0.2, -0.15) is 0 Å². The standard InChI is InChI=1S/C20H18F2O4/c21-15-9-3-1-7-13(15)19(23)25-17-11-5-6-12-18(17)26-20(24)14-8-2-4-10-16(14)22/h1-4,7-10,17-18H,5-6,11-12H2/t17-,18-/m0/s1. The van der Waals surface area contributed by atoms with Crippen molar-refractivity contribution >= 4 is 11.9 Å². The number of benzene rings is 2. The van der Waals surface area contributed by atoms with Crippen LogP contribution in [0.3, 0.4) is 0 Å². The lowest BCUT2D eigenvalue weighted by Crippen LogP contribution is -2.38. The molecule has 0 heterocycles. The zero-order valence-corrected chi connectivity index (χ0v) is 14.0. The van der Waals surface area contributed by atoms with Crippen LogP contribution in [0.2, 0.25) is 0 Å². The van der Waals surface area contributed by atoms with Gasteiger partial charge in [-0.3, -0.25) is 0 Å². The first-order valence-corrected chi connectivity index (χ1v) is 8.47. The third-order valence-electron chi connectivity index (χ3n) is 4.35. The van der Waals surface area contributed by atoms with E-state index in [2.05, 4.69) is 0 Å². The summed E-state index contributed by atoms with van der Waals surface area (Å²) in [5.74, 6) is -2.95. The van der Waals surface area contributed by atoms with Crippen LogP contribution in [0.1, 0.15) is 46.4 Å². The van der Waals surface area contributed by atoms with Crippen LogP contribution >= 0.6 is 0 Å². The van der Waals surface area contributed by atoms with Crippen molar-refractivity contribution in [1.82, 2.24) is 0 Å². The van der Waals surface area contributed by atoms with Gasteiger partial charge in [0, 0.05) is 0 Å². The summed E-state index contributed by atoms with van der Waals surface area (Å²) in [6, 6.07) is 11.0.